The summed E-state index contributed by atoms with van der Waals surface area (Å²) in [7, 11) is 1.75. The fourth-order valence-corrected chi connectivity index (χ4v) is 1.49. The van der Waals surface area contributed by atoms with E-state index in [2.05, 4.69) is 41.6 Å². The minimum Gasteiger partial charge on any atom is -0.363 e. The van der Waals surface area contributed by atoms with E-state index in [1.165, 1.54) is 11.3 Å². The van der Waals surface area contributed by atoms with Crippen LogP contribution in [0.1, 0.15) is 37.5 Å². The van der Waals surface area contributed by atoms with Crippen LogP contribution in [0, 0.1) is 5.41 Å². The topological polar surface area (TPSA) is 66.9 Å². The first-order chi connectivity index (χ1) is 7.34. The van der Waals surface area contributed by atoms with Gasteiger partial charge in [-0.1, -0.05) is 32.1 Å². The predicted molar refractivity (Wildman–Crippen MR) is 65.8 cm³/mol. The molecule has 1 rings (SSSR count). The third-order valence-corrected chi connectivity index (χ3v) is 3.42. The summed E-state index contributed by atoms with van der Waals surface area (Å²) >= 11 is 1.25. The zero-order valence-electron chi connectivity index (χ0n) is 10.3. The molecule has 0 bridgehead atoms. The van der Waals surface area contributed by atoms with E-state index in [9.17, 15) is 4.79 Å². The van der Waals surface area contributed by atoms with Crippen molar-refractivity contribution in [2.45, 2.75) is 33.7 Å². The van der Waals surface area contributed by atoms with Gasteiger partial charge in [0.15, 0.2) is 0 Å². The van der Waals surface area contributed by atoms with Crippen molar-refractivity contribution in [3.8, 4) is 0 Å². The van der Waals surface area contributed by atoms with Gasteiger partial charge in [-0.25, -0.2) is 0 Å². The van der Waals surface area contributed by atoms with Gasteiger partial charge < -0.3 is 10.6 Å². The Kier molecular flexibility index (Phi) is 3.85. The molecular weight excluding hydrogens is 224 g/mol. The van der Waals surface area contributed by atoms with Crippen molar-refractivity contribution in [3.05, 3.63) is 5.01 Å². The number of nitrogens with one attached hydrogen (secondary N) is 2. The molecule has 0 fully saturated rings. The molecule has 2 N–H and O–H groups in total. The molecule has 0 aliphatic heterocycles. The van der Waals surface area contributed by atoms with E-state index in [-0.39, 0.29) is 17.4 Å². The van der Waals surface area contributed by atoms with Crippen LogP contribution in [-0.2, 0) is 0 Å². The number of carbonyl (C=O) groups is 1. The lowest BCUT2D eigenvalue weighted by molar-refractivity contribution is 0.0909. The smallest absolute Gasteiger partial charge is 0.282 e. The Morgan fingerprint density at radius 2 is 2.00 bits per heavy atom. The van der Waals surface area contributed by atoms with E-state index in [4.69, 9.17) is 0 Å². The van der Waals surface area contributed by atoms with Crippen LogP contribution in [0.4, 0.5) is 5.13 Å². The second-order valence-electron chi connectivity index (χ2n) is 4.72. The third kappa shape index (κ3) is 3.16. The molecule has 1 aromatic rings. The molecule has 6 heteroatoms. The van der Waals surface area contributed by atoms with Gasteiger partial charge >= 0.3 is 0 Å². The van der Waals surface area contributed by atoms with Crippen molar-refractivity contribution in [2.24, 2.45) is 5.41 Å². The number of anilines is 1. The maximum atomic E-state index is 11.8. The number of hydrogen-bond acceptors (Lipinski definition) is 5. The van der Waals surface area contributed by atoms with Crippen LogP contribution in [0.15, 0.2) is 0 Å². The lowest BCUT2D eigenvalue weighted by Gasteiger charge is -2.27. The minimum absolute atomic E-state index is 0.0339. The van der Waals surface area contributed by atoms with Crippen LogP contribution in [0.2, 0.25) is 0 Å². The molecule has 0 aliphatic rings. The first-order valence-electron chi connectivity index (χ1n) is 5.16. The van der Waals surface area contributed by atoms with Gasteiger partial charge in [-0.2, -0.15) is 0 Å². The zero-order valence-corrected chi connectivity index (χ0v) is 11.1. The molecule has 0 saturated heterocycles. The summed E-state index contributed by atoms with van der Waals surface area (Å²) in [5.74, 6) is -0.165. The van der Waals surface area contributed by atoms with Crippen molar-refractivity contribution in [2.75, 3.05) is 12.4 Å². The monoisotopic (exact) mass is 242 g/mol. The van der Waals surface area contributed by atoms with Crippen molar-refractivity contribution in [1.82, 2.24) is 15.5 Å². The molecule has 0 aliphatic carbocycles. The fraction of sp³-hybridized carbons (Fsp3) is 0.700. The molecule has 1 amide bonds. The summed E-state index contributed by atoms with van der Waals surface area (Å²) in [4.78, 5) is 11.8. The summed E-state index contributed by atoms with van der Waals surface area (Å²) in [6, 6.07) is 0.0851. The molecule has 1 aromatic heterocycles. The van der Waals surface area contributed by atoms with Crippen molar-refractivity contribution in [3.63, 3.8) is 0 Å². The molecular formula is C10H18N4OS. The van der Waals surface area contributed by atoms with Crippen molar-refractivity contribution in [1.29, 1.82) is 0 Å². The largest absolute Gasteiger partial charge is 0.363 e. The summed E-state index contributed by atoms with van der Waals surface area (Å²) in [5.41, 5.74) is 0.0339. The molecule has 0 radical (unpaired) electrons. The van der Waals surface area contributed by atoms with Gasteiger partial charge in [-0.15, -0.1) is 10.2 Å². The second kappa shape index (κ2) is 4.78. The van der Waals surface area contributed by atoms with E-state index in [0.29, 0.717) is 10.1 Å². The van der Waals surface area contributed by atoms with E-state index in [0.717, 1.165) is 0 Å². The molecule has 1 heterocycles. The van der Waals surface area contributed by atoms with Gasteiger partial charge in [0.05, 0.1) is 0 Å². The average molecular weight is 242 g/mol. The van der Waals surface area contributed by atoms with E-state index < -0.39 is 0 Å². The quantitative estimate of drug-likeness (QED) is 0.847. The Morgan fingerprint density at radius 3 is 2.44 bits per heavy atom. The zero-order chi connectivity index (χ0) is 12.3. The van der Waals surface area contributed by atoms with E-state index >= 15 is 0 Å². The van der Waals surface area contributed by atoms with Gasteiger partial charge in [0.1, 0.15) is 0 Å². The van der Waals surface area contributed by atoms with Gasteiger partial charge in [0.2, 0.25) is 10.1 Å². The Morgan fingerprint density at radius 1 is 1.38 bits per heavy atom. The Bertz CT molecular complexity index is 369. The summed E-state index contributed by atoms with van der Waals surface area (Å²) in [6.07, 6.45) is 0. The first-order valence-corrected chi connectivity index (χ1v) is 5.98. The molecule has 90 valence electrons. The fourth-order valence-electron chi connectivity index (χ4n) is 0.891. The molecule has 1 unspecified atom stereocenters. The lowest BCUT2D eigenvalue weighted by atomic mass is 9.88. The second-order valence-corrected chi connectivity index (χ2v) is 5.70. The van der Waals surface area contributed by atoms with E-state index in [1.807, 2.05) is 6.92 Å². The highest BCUT2D eigenvalue weighted by Gasteiger charge is 2.23. The summed E-state index contributed by atoms with van der Waals surface area (Å²) in [5, 5.41) is 14.4. The van der Waals surface area contributed by atoms with Crippen LogP contribution >= 0.6 is 11.3 Å². The number of carbonyl (C=O) groups excluding carboxylic acids is 1. The van der Waals surface area contributed by atoms with Crippen LogP contribution < -0.4 is 10.6 Å². The van der Waals surface area contributed by atoms with Crippen LogP contribution in [-0.4, -0.2) is 29.2 Å². The molecule has 0 aromatic carbocycles. The maximum Gasteiger partial charge on any atom is 0.282 e. The van der Waals surface area contributed by atoms with Crippen LogP contribution in [0.3, 0.4) is 0 Å². The molecule has 0 spiro atoms. The average Bonchev–Trinajstić information content (AvgIpc) is 2.64. The van der Waals surface area contributed by atoms with Gasteiger partial charge in [-0.3, -0.25) is 4.79 Å². The Balaban J connectivity index is 2.66. The highest BCUT2D eigenvalue weighted by atomic mass is 32.1. The standard InChI is InChI=1S/C10H18N4OS/c1-6(10(2,3)4)12-7(15)8-13-14-9(11-5)16-8/h6H,1-5H3,(H,11,14)(H,12,15). The highest BCUT2D eigenvalue weighted by Crippen LogP contribution is 2.20. The Hall–Kier alpha value is -1.17. The summed E-state index contributed by atoms with van der Waals surface area (Å²) < 4.78 is 0. The molecule has 0 saturated carbocycles. The summed E-state index contributed by atoms with van der Waals surface area (Å²) in [6.45, 7) is 8.23. The number of aromatic nitrogens is 2. The van der Waals surface area contributed by atoms with E-state index in [1.54, 1.807) is 7.05 Å². The number of amides is 1. The van der Waals surface area contributed by atoms with Crippen molar-refractivity contribution < 1.29 is 4.79 Å². The predicted octanol–water partition coefficient (Wildman–Crippen LogP) is 1.74. The molecule has 5 nitrogen and oxygen atoms in total. The van der Waals surface area contributed by atoms with Crippen molar-refractivity contribution >= 4 is 22.4 Å². The minimum atomic E-state index is -0.165. The van der Waals surface area contributed by atoms with Crippen LogP contribution in [0.5, 0.6) is 0 Å². The highest BCUT2D eigenvalue weighted by molar-refractivity contribution is 7.17. The Labute approximate surface area is 99.7 Å². The molecule has 1 atom stereocenters. The number of hydrogen-bond donors (Lipinski definition) is 2. The number of nitrogens with zero attached hydrogens (tertiary/aromatic N) is 2. The SMILES string of the molecule is CNc1nnc(C(=O)NC(C)C(C)(C)C)s1. The van der Waals surface area contributed by atoms with Gasteiger partial charge in [0, 0.05) is 13.1 Å². The normalized spacial score (nSPS) is 13.3. The first kappa shape index (κ1) is 12.9. The molecule has 16 heavy (non-hydrogen) atoms. The number of rotatable bonds is 3. The van der Waals surface area contributed by atoms with Crippen LogP contribution in [0.25, 0.3) is 0 Å². The maximum absolute atomic E-state index is 11.8. The lowest BCUT2D eigenvalue weighted by Crippen LogP contribution is -2.41. The third-order valence-electron chi connectivity index (χ3n) is 2.48. The van der Waals surface area contributed by atoms with Gasteiger partial charge in [-0.05, 0) is 12.3 Å². The van der Waals surface area contributed by atoms with Gasteiger partial charge in [0.25, 0.3) is 5.91 Å².